The first-order valence-electron chi connectivity index (χ1n) is 9.09. The molecule has 0 saturated carbocycles. The Morgan fingerprint density at radius 3 is 2.35 bits per heavy atom. The van der Waals surface area contributed by atoms with Crippen LogP contribution in [-0.4, -0.2) is 18.1 Å². The van der Waals surface area contributed by atoms with E-state index in [9.17, 15) is 9.59 Å². The molecule has 1 heterocycles. The summed E-state index contributed by atoms with van der Waals surface area (Å²) >= 11 is 13.4. The summed E-state index contributed by atoms with van der Waals surface area (Å²) in [5, 5.41) is 5.78. The Bertz CT molecular complexity index is 1280. The Kier molecular flexibility index (Phi) is 6.32. The summed E-state index contributed by atoms with van der Waals surface area (Å²) in [6.07, 6.45) is 1.49. The Hall–Kier alpha value is -3.19. The van der Waals surface area contributed by atoms with Crippen molar-refractivity contribution in [2.75, 3.05) is 0 Å². The van der Waals surface area contributed by atoms with E-state index in [0.717, 1.165) is 10.1 Å². The van der Waals surface area contributed by atoms with E-state index in [2.05, 4.69) is 10.5 Å². The van der Waals surface area contributed by atoms with E-state index in [1.807, 2.05) is 24.3 Å². The third-order valence-electron chi connectivity index (χ3n) is 4.29. The summed E-state index contributed by atoms with van der Waals surface area (Å²) in [6.45, 7) is 0. The van der Waals surface area contributed by atoms with Crippen LogP contribution in [0.15, 0.2) is 77.9 Å². The van der Waals surface area contributed by atoms with Crippen molar-refractivity contribution in [2.45, 2.75) is 0 Å². The normalized spacial score (nSPS) is 11.0. The molecule has 0 aliphatic rings. The maximum absolute atomic E-state index is 12.4. The maximum atomic E-state index is 12.4. The van der Waals surface area contributed by atoms with Gasteiger partial charge in [0.05, 0.1) is 16.8 Å². The second-order valence-electron chi connectivity index (χ2n) is 6.41. The lowest BCUT2D eigenvalue weighted by Gasteiger charge is -2.04. The molecule has 0 radical (unpaired) electrons. The fourth-order valence-electron chi connectivity index (χ4n) is 2.75. The summed E-state index contributed by atoms with van der Waals surface area (Å²) in [5.41, 5.74) is 3.60. The monoisotopic (exact) mass is 468 g/mol. The molecule has 4 aromatic rings. The summed E-state index contributed by atoms with van der Waals surface area (Å²) in [5.74, 6) is -0.472. The van der Waals surface area contributed by atoms with E-state index in [1.54, 1.807) is 48.5 Å². The molecule has 1 aromatic heterocycles. The second-order valence-corrected chi connectivity index (χ2v) is 8.27. The van der Waals surface area contributed by atoms with Crippen LogP contribution in [0.25, 0.3) is 10.1 Å². The summed E-state index contributed by atoms with van der Waals surface area (Å²) in [7, 11) is 0. The standard InChI is InChI=1S/C23H14Cl2N2O3S/c24-16-9-7-15(8-10-16)23(29)30-17-11-5-14(6-12-17)13-26-27-22(28)21-20(25)18-3-1-2-4-19(18)31-21/h1-13H,(H,27,28)/b26-13-. The Labute approximate surface area is 191 Å². The minimum Gasteiger partial charge on any atom is -0.423 e. The number of amides is 1. The molecule has 0 saturated heterocycles. The molecule has 0 aliphatic heterocycles. The van der Waals surface area contributed by atoms with E-state index >= 15 is 0 Å². The first-order valence-corrected chi connectivity index (χ1v) is 10.7. The molecule has 0 bridgehead atoms. The van der Waals surface area contributed by atoms with Gasteiger partial charge in [0.15, 0.2) is 0 Å². The fraction of sp³-hybridized carbons (Fsp3) is 0. The molecule has 1 N–H and O–H groups in total. The van der Waals surface area contributed by atoms with Crippen molar-refractivity contribution in [1.82, 2.24) is 5.43 Å². The van der Waals surface area contributed by atoms with Gasteiger partial charge in [0.25, 0.3) is 5.91 Å². The number of hydrogen-bond acceptors (Lipinski definition) is 5. The molecule has 31 heavy (non-hydrogen) atoms. The molecule has 4 rings (SSSR count). The molecule has 0 unspecified atom stereocenters. The number of nitrogens with one attached hydrogen (secondary N) is 1. The number of esters is 1. The van der Waals surface area contributed by atoms with Crippen LogP contribution in [0.1, 0.15) is 25.6 Å². The van der Waals surface area contributed by atoms with Crippen LogP contribution in [0.4, 0.5) is 0 Å². The van der Waals surface area contributed by atoms with Crippen LogP contribution in [0.3, 0.4) is 0 Å². The quantitative estimate of drug-likeness (QED) is 0.164. The minimum atomic E-state index is -0.481. The lowest BCUT2D eigenvalue weighted by Crippen LogP contribution is -2.16. The Balaban J connectivity index is 1.37. The van der Waals surface area contributed by atoms with Gasteiger partial charge in [-0.3, -0.25) is 4.79 Å². The number of rotatable bonds is 5. The molecule has 8 heteroatoms. The molecule has 5 nitrogen and oxygen atoms in total. The number of ether oxygens (including phenoxy) is 1. The van der Waals surface area contributed by atoms with Crippen LogP contribution in [0.5, 0.6) is 5.75 Å². The minimum absolute atomic E-state index is 0.379. The lowest BCUT2D eigenvalue weighted by molar-refractivity contribution is 0.0734. The Morgan fingerprint density at radius 1 is 0.935 bits per heavy atom. The van der Waals surface area contributed by atoms with Gasteiger partial charge < -0.3 is 4.74 Å². The van der Waals surface area contributed by atoms with Crippen LogP contribution in [-0.2, 0) is 0 Å². The topological polar surface area (TPSA) is 67.8 Å². The van der Waals surface area contributed by atoms with Gasteiger partial charge in [0.2, 0.25) is 0 Å². The first kappa shape index (κ1) is 21.1. The third kappa shape index (κ3) is 4.94. The van der Waals surface area contributed by atoms with Crippen molar-refractivity contribution < 1.29 is 14.3 Å². The number of halogens is 2. The molecule has 3 aromatic carbocycles. The van der Waals surface area contributed by atoms with Gasteiger partial charge in [0, 0.05) is 15.1 Å². The Morgan fingerprint density at radius 2 is 1.65 bits per heavy atom. The molecular weight excluding hydrogens is 455 g/mol. The van der Waals surface area contributed by atoms with E-state index < -0.39 is 5.97 Å². The number of hydrogen-bond donors (Lipinski definition) is 1. The van der Waals surface area contributed by atoms with Crippen LogP contribution >= 0.6 is 34.5 Å². The molecule has 0 fully saturated rings. The summed E-state index contributed by atoms with van der Waals surface area (Å²) < 4.78 is 6.26. The van der Waals surface area contributed by atoms with Crippen LogP contribution < -0.4 is 10.2 Å². The molecule has 154 valence electrons. The number of hydrazone groups is 1. The second kappa shape index (κ2) is 9.31. The average molecular weight is 469 g/mol. The average Bonchev–Trinajstić information content (AvgIpc) is 3.12. The van der Waals surface area contributed by atoms with Crippen molar-refractivity contribution in [3.8, 4) is 5.75 Å². The van der Waals surface area contributed by atoms with Gasteiger partial charge >= 0.3 is 5.97 Å². The summed E-state index contributed by atoms with van der Waals surface area (Å²) in [4.78, 5) is 24.9. The smallest absolute Gasteiger partial charge is 0.343 e. The van der Waals surface area contributed by atoms with E-state index in [4.69, 9.17) is 27.9 Å². The molecule has 0 aliphatic carbocycles. The number of thiophene rings is 1. The zero-order valence-corrected chi connectivity index (χ0v) is 18.2. The first-order chi connectivity index (χ1) is 15.0. The number of benzene rings is 3. The van der Waals surface area contributed by atoms with Gasteiger partial charge in [-0.1, -0.05) is 41.4 Å². The predicted octanol–water partition coefficient (Wildman–Crippen LogP) is 6.19. The molecule has 1 amide bonds. The highest BCUT2D eigenvalue weighted by molar-refractivity contribution is 7.21. The van der Waals surface area contributed by atoms with E-state index in [1.165, 1.54) is 17.6 Å². The van der Waals surface area contributed by atoms with Crippen molar-refractivity contribution in [3.63, 3.8) is 0 Å². The van der Waals surface area contributed by atoms with Gasteiger partial charge in [-0.15, -0.1) is 11.3 Å². The van der Waals surface area contributed by atoms with Crippen molar-refractivity contribution in [1.29, 1.82) is 0 Å². The van der Waals surface area contributed by atoms with E-state index in [-0.39, 0.29) is 5.91 Å². The van der Waals surface area contributed by atoms with Crippen LogP contribution in [0.2, 0.25) is 10.0 Å². The largest absolute Gasteiger partial charge is 0.423 e. The number of nitrogens with zero attached hydrogens (tertiary/aromatic N) is 1. The van der Waals surface area contributed by atoms with Crippen LogP contribution in [0, 0.1) is 0 Å². The SMILES string of the molecule is O=C(Oc1ccc(/C=N\NC(=O)c2sc3ccccc3c2Cl)cc1)c1ccc(Cl)cc1. The highest BCUT2D eigenvalue weighted by atomic mass is 35.5. The molecule has 0 atom stereocenters. The number of fused-ring (bicyclic) bond motifs is 1. The van der Waals surface area contributed by atoms with Gasteiger partial charge in [-0.2, -0.15) is 5.10 Å². The van der Waals surface area contributed by atoms with Gasteiger partial charge in [0.1, 0.15) is 10.6 Å². The number of carbonyl (C=O) groups excluding carboxylic acids is 2. The highest BCUT2D eigenvalue weighted by Crippen LogP contribution is 2.34. The number of carbonyl (C=O) groups is 2. The molecule has 0 spiro atoms. The van der Waals surface area contributed by atoms with Crippen molar-refractivity contribution >= 4 is 62.7 Å². The van der Waals surface area contributed by atoms with Crippen molar-refractivity contribution in [3.05, 3.63) is 98.8 Å². The van der Waals surface area contributed by atoms with Gasteiger partial charge in [-0.05, 0) is 60.2 Å². The van der Waals surface area contributed by atoms with E-state index in [0.29, 0.717) is 31.8 Å². The lowest BCUT2D eigenvalue weighted by atomic mass is 10.2. The third-order valence-corrected chi connectivity index (χ3v) is 6.22. The predicted molar refractivity (Wildman–Crippen MR) is 125 cm³/mol. The van der Waals surface area contributed by atoms with Gasteiger partial charge in [-0.25, -0.2) is 10.2 Å². The zero-order chi connectivity index (χ0) is 21.8. The summed E-state index contributed by atoms with van der Waals surface area (Å²) in [6, 6.07) is 20.7. The maximum Gasteiger partial charge on any atom is 0.343 e. The zero-order valence-electron chi connectivity index (χ0n) is 15.8. The highest BCUT2D eigenvalue weighted by Gasteiger charge is 2.16. The fourth-order valence-corrected chi connectivity index (χ4v) is 4.28. The van der Waals surface area contributed by atoms with Crippen molar-refractivity contribution in [2.24, 2.45) is 5.10 Å². The molecular formula is C23H14Cl2N2O3S.